The fourth-order valence-corrected chi connectivity index (χ4v) is 3.17. The van der Waals surface area contributed by atoms with Gasteiger partial charge in [-0.25, -0.2) is 9.97 Å². The molecule has 0 radical (unpaired) electrons. The molecular weight excluding hydrogens is 397 g/mol. The van der Waals surface area contributed by atoms with Gasteiger partial charge in [-0.3, -0.25) is 0 Å². The molecule has 0 amide bonds. The fraction of sp³-hybridized carbons (Fsp3) is 0.333. The maximum atomic E-state index is 12.8. The summed E-state index contributed by atoms with van der Waals surface area (Å²) >= 11 is 0. The lowest BCUT2D eigenvalue weighted by Gasteiger charge is -2.43. The third-order valence-electron chi connectivity index (χ3n) is 4.83. The molecule has 1 fully saturated rings. The number of rotatable bonds is 5. The van der Waals surface area contributed by atoms with E-state index in [2.05, 4.69) is 25.5 Å². The van der Waals surface area contributed by atoms with Gasteiger partial charge in [0.05, 0.1) is 11.1 Å². The van der Waals surface area contributed by atoms with Gasteiger partial charge in [0.1, 0.15) is 5.69 Å². The van der Waals surface area contributed by atoms with Crippen LogP contribution in [0.4, 0.5) is 27.9 Å². The molecule has 3 aromatic rings. The monoisotopic (exact) mass is 411 g/mol. The van der Waals surface area contributed by atoms with E-state index in [1.54, 1.807) is 0 Å². The minimum atomic E-state index is -4.41. The van der Waals surface area contributed by atoms with Crippen molar-refractivity contribution in [3.05, 3.63) is 53.5 Å². The molecule has 1 saturated carbocycles. The number of nitrogens with zero attached hydrogens (tertiary/aromatic N) is 4. The van der Waals surface area contributed by atoms with Crippen LogP contribution in [-0.2, 0) is 11.7 Å². The minimum absolute atomic E-state index is 0.156. The first-order valence-corrected chi connectivity index (χ1v) is 8.68. The molecule has 2 aromatic heterocycles. The van der Waals surface area contributed by atoms with Gasteiger partial charge in [0, 0.05) is 6.20 Å². The molecular formula is C18H14F5N5O. The lowest BCUT2D eigenvalue weighted by atomic mass is 9.71. The Morgan fingerprint density at radius 1 is 1.03 bits per heavy atom. The number of benzene rings is 1. The van der Waals surface area contributed by atoms with Gasteiger partial charge >= 0.3 is 12.6 Å². The molecule has 1 aliphatic rings. The lowest BCUT2D eigenvalue weighted by molar-refractivity contribution is -0.137. The third-order valence-corrected chi connectivity index (χ3v) is 4.83. The molecule has 0 spiro atoms. The first-order valence-electron chi connectivity index (χ1n) is 8.68. The molecule has 0 aliphatic heterocycles. The van der Waals surface area contributed by atoms with Gasteiger partial charge in [-0.1, -0.05) is 12.1 Å². The lowest BCUT2D eigenvalue weighted by Crippen LogP contribution is -2.42. The van der Waals surface area contributed by atoms with Crippen molar-refractivity contribution in [3.8, 4) is 11.6 Å². The van der Waals surface area contributed by atoms with Crippen molar-refractivity contribution >= 4 is 5.95 Å². The van der Waals surface area contributed by atoms with E-state index in [9.17, 15) is 22.0 Å². The van der Waals surface area contributed by atoms with Crippen LogP contribution < -0.4 is 5.32 Å². The summed E-state index contributed by atoms with van der Waals surface area (Å²) < 4.78 is 68.6. The molecule has 29 heavy (non-hydrogen) atoms. The summed E-state index contributed by atoms with van der Waals surface area (Å²) in [5.74, 6) is -0.810. The highest BCUT2D eigenvalue weighted by Crippen LogP contribution is 2.44. The van der Waals surface area contributed by atoms with Crippen LogP contribution in [0.3, 0.4) is 0 Å². The molecule has 4 rings (SSSR count). The Morgan fingerprint density at radius 2 is 1.76 bits per heavy atom. The maximum absolute atomic E-state index is 12.8. The van der Waals surface area contributed by atoms with Crippen LogP contribution in [0.2, 0.25) is 0 Å². The van der Waals surface area contributed by atoms with Crippen LogP contribution >= 0.6 is 0 Å². The maximum Gasteiger partial charge on any atom is 0.416 e. The first kappa shape index (κ1) is 19.2. The molecule has 0 atom stereocenters. The van der Waals surface area contributed by atoms with Gasteiger partial charge in [0.15, 0.2) is 0 Å². The second-order valence-electron chi connectivity index (χ2n) is 6.65. The third kappa shape index (κ3) is 3.76. The predicted molar refractivity (Wildman–Crippen MR) is 90.9 cm³/mol. The summed E-state index contributed by atoms with van der Waals surface area (Å²) in [5, 5.41) is 9.97. The highest BCUT2D eigenvalue weighted by molar-refractivity contribution is 5.50. The Morgan fingerprint density at radius 3 is 2.31 bits per heavy atom. The molecule has 152 valence electrons. The molecule has 2 heterocycles. The standard InChI is InChI=1S/C18H14F5N5O/c19-13(20)15-28-27-14(29-15)12-6-9-24-16(25-12)26-17(7-1-8-17)10-2-4-11(5-3-10)18(21,22)23/h2-6,9,13H,1,7-8H2,(H,24,25,26). The number of halogens is 5. The molecule has 1 aromatic carbocycles. The fourth-order valence-electron chi connectivity index (χ4n) is 3.17. The summed E-state index contributed by atoms with van der Waals surface area (Å²) in [6.07, 6.45) is -3.65. The Hall–Kier alpha value is -3.11. The second kappa shape index (κ2) is 7.05. The second-order valence-corrected chi connectivity index (χ2v) is 6.65. The summed E-state index contributed by atoms with van der Waals surface area (Å²) in [7, 11) is 0. The zero-order valence-corrected chi connectivity index (χ0v) is 14.7. The highest BCUT2D eigenvalue weighted by atomic mass is 19.4. The van der Waals surface area contributed by atoms with Crippen molar-refractivity contribution < 1.29 is 26.4 Å². The Labute approximate surface area is 161 Å². The summed E-state index contributed by atoms with van der Waals surface area (Å²) in [5.41, 5.74) is -0.487. The van der Waals surface area contributed by atoms with Crippen LogP contribution in [0.5, 0.6) is 0 Å². The van der Waals surface area contributed by atoms with Crippen LogP contribution in [0.1, 0.15) is 42.7 Å². The molecule has 1 N–H and O–H groups in total. The molecule has 0 saturated heterocycles. The van der Waals surface area contributed by atoms with Crippen molar-refractivity contribution in [2.75, 3.05) is 5.32 Å². The minimum Gasteiger partial charge on any atom is -0.414 e. The number of hydrogen-bond acceptors (Lipinski definition) is 6. The molecule has 0 bridgehead atoms. The number of nitrogens with one attached hydrogen (secondary N) is 1. The number of aromatic nitrogens is 4. The van der Waals surface area contributed by atoms with Gasteiger partial charge in [0.25, 0.3) is 11.8 Å². The van der Waals surface area contributed by atoms with Gasteiger partial charge in [0.2, 0.25) is 5.95 Å². The predicted octanol–water partition coefficient (Wildman–Crippen LogP) is 4.97. The summed E-state index contributed by atoms with van der Waals surface area (Å²) in [6.45, 7) is 0. The van der Waals surface area contributed by atoms with Crippen molar-refractivity contribution in [1.29, 1.82) is 0 Å². The molecule has 0 unspecified atom stereocenters. The normalized spacial score (nSPS) is 15.9. The van der Waals surface area contributed by atoms with Gasteiger partial charge in [-0.05, 0) is 43.0 Å². The SMILES string of the molecule is FC(F)c1nnc(-c2ccnc(NC3(c4ccc(C(F)(F)F)cc4)CCC3)n2)o1. The van der Waals surface area contributed by atoms with E-state index in [0.717, 1.165) is 18.6 Å². The average Bonchev–Trinajstić information content (AvgIpc) is 3.15. The van der Waals surface area contributed by atoms with Crippen molar-refractivity contribution in [3.63, 3.8) is 0 Å². The van der Waals surface area contributed by atoms with E-state index in [1.165, 1.54) is 24.4 Å². The van der Waals surface area contributed by atoms with Gasteiger partial charge < -0.3 is 9.73 Å². The van der Waals surface area contributed by atoms with E-state index in [4.69, 9.17) is 4.42 Å². The first-order chi connectivity index (χ1) is 13.8. The Bertz CT molecular complexity index is 998. The zero-order chi connectivity index (χ0) is 20.6. The van der Waals surface area contributed by atoms with Crippen molar-refractivity contribution in [2.24, 2.45) is 0 Å². The molecule has 6 nitrogen and oxygen atoms in total. The number of anilines is 1. The zero-order valence-electron chi connectivity index (χ0n) is 14.7. The van der Waals surface area contributed by atoms with E-state index >= 15 is 0 Å². The number of alkyl halides is 5. The number of hydrogen-bond donors (Lipinski definition) is 1. The molecule has 1 aliphatic carbocycles. The van der Waals surface area contributed by atoms with Crippen molar-refractivity contribution in [1.82, 2.24) is 20.2 Å². The van der Waals surface area contributed by atoms with E-state index < -0.39 is 29.6 Å². The van der Waals surface area contributed by atoms with Crippen LogP contribution in [-0.4, -0.2) is 20.2 Å². The molecule has 11 heteroatoms. The van der Waals surface area contributed by atoms with Crippen molar-refractivity contribution in [2.45, 2.75) is 37.4 Å². The van der Waals surface area contributed by atoms with Crippen LogP contribution in [0.25, 0.3) is 11.6 Å². The van der Waals surface area contributed by atoms with Gasteiger partial charge in [-0.15, -0.1) is 10.2 Å². The highest BCUT2D eigenvalue weighted by Gasteiger charge is 2.40. The Kier molecular flexibility index (Phi) is 4.67. The quantitative estimate of drug-likeness (QED) is 0.597. The smallest absolute Gasteiger partial charge is 0.414 e. The topological polar surface area (TPSA) is 76.7 Å². The van der Waals surface area contributed by atoms with Crippen LogP contribution in [0.15, 0.2) is 40.9 Å². The average molecular weight is 411 g/mol. The summed E-state index contributed by atoms with van der Waals surface area (Å²) in [6, 6.07) is 6.38. The van der Waals surface area contributed by atoms with Crippen LogP contribution in [0, 0.1) is 0 Å². The van der Waals surface area contributed by atoms with E-state index in [0.29, 0.717) is 18.4 Å². The van der Waals surface area contributed by atoms with E-state index in [-0.39, 0.29) is 17.5 Å². The largest absolute Gasteiger partial charge is 0.416 e. The summed E-state index contributed by atoms with van der Waals surface area (Å²) in [4.78, 5) is 8.34. The van der Waals surface area contributed by atoms with E-state index in [1.807, 2.05) is 0 Å². The van der Waals surface area contributed by atoms with Gasteiger partial charge in [-0.2, -0.15) is 22.0 Å². The Balaban J connectivity index is 1.59.